The summed E-state index contributed by atoms with van der Waals surface area (Å²) in [5, 5.41) is 5.37. The average molecular weight is 451 g/mol. The Hall–Kier alpha value is -2.87. The molecule has 1 aliphatic heterocycles. The van der Waals surface area contributed by atoms with Gasteiger partial charge < -0.3 is 19.5 Å². The first-order chi connectivity index (χ1) is 16.0. The monoisotopic (exact) mass is 450 g/mol. The number of nitrogens with one attached hydrogen (secondary N) is 1. The first-order valence-electron chi connectivity index (χ1n) is 12.1. The van der Waals surface area contributed by atoms with E-state index >= 15 is 0 Å². The summed E-state index contributed by atoms with van der Waals surface area (Å²) in [5.74, 6) is 1.57. The van der Waals surface area contributed by atoms with Gasteiger partial charge in [-0.15, -0.1) is 0 Å². The molecule has 3 aromatic rings. The number of ether oxygens (including phenoxy) is 1. The Morgan fingerprint density at radius 3 is 2.64 bits per heavy atom. The van der Waals surface area contributed by atoms with Gasteiger partial charge in [-0.05, 0) is 45.0 Å². The number of likely N-dealkylation sites (N-methyl/N-ethyl adjacent to an activating group) is 1. The third-order valence-electron chi connectivity index (χ3n) is 7.24. The predicted molar refractivity (Wildman–Crippen MR) is 131 cm³/mol. The SMILES string of the molecule is COc1cc(N2CCCN(C)CC2)ccc1-c1nc2c(c(C3CCCCC3)nn2C)c(=O)[nH]1. The number of anilines is 1. The molecule has 2 fully saturated rings. The molecule has 1 N–H and O–H groups in total. The van der Waals surface area contributed by atoms with E-state index in [1.165, 1.54) is 19.3 Å². The van der Waals surface area contributed by atoms with E-state index in [0.29, 0.717) is 28.5 Å². The van der Waals surface area contributed by atoms with Gasteiger partial charge in [0.05, 0.1) is 18.4 Å². The van der Waals surface area contributed by atoms with Crippen molar-refractivity contribution in [3.63, 3.8) is 0 Å². The van der Waals surface area contributed by atoms with Gasteiger partial charge in [0, 0.05) is 44.4 Å². The molecule has 2 aliphatic rings. The smallest absolute Gasteiger partial charge is 0.262 e. The molecule has 0 amide bonds. The normalized spacial score (nSPS) is 18.6. The van der Waals surface area contributed by atoms with Crippen molar-refractivity contribution in [2.24, 2.45) is 7.05 Å². The summed E-state index contributed by atoms with van der Waals surface area (Å²) >= 11 is 0. The Morgan fingerprint density at radius 1 is 1.03 bits per heavy atom. The Bertz CT molecular complexity index is 1190. The first kappa shape index (κ1) is 21.9. The van der Waals surface area contributed by atoms with Crippen LogP contribution in [-0.2, 0) is 7.05 Å². The van der Waals surface area contributed by atoms with E-state index < -0.39 is 0 Å². The fraction of sp³-hybridized carbons (Fsp3) is 0.560. The van der Waals surface area contributed by atoms with E-state index in [4.69, 9.17) is 14.8 Å². The van der Waals surface area contributed by atoms with E-state index in [0.717, 1.165) is 62.4 Å². The van der Waals surface area contributed by atoms with Gasteiger partial charge in [-0.25, -0.2) is 9.67 Å². The third-order valence-corrected chi connectivity index (χ3v) is 7.24. The van der Waals surface area contributed by atoms with Crippen molar-refractivity contribution in [3.05, 3.63) is 34.2 Å². The van der Waals surface area contributed by atoms with Crippen molar-refractivity contribution in [2.45, 2.75) is 44.4 Å². The lowest BCUT2D eigenvalue weighted by Crippen LogP contribution is -2.28. The zero-order valence-corrected chi connectivity index (χ0v) is 19.9. The molecule has 0 bridgehead atoms. The number of benzene rings is 1. The molecule has 176 valence electrons. The maximum Gasteiger partial charge on any atom is 0.262 e. The lowest BCUT2D eigenvalue weighted by molar-refractivity contribution is 0.360. The highest BCUT2D eigenvalue weighted by atomic mass is 16.5. The Balaban J connectivity index is 1.52. The minimum absolute atomic E-state index is 0.120. The molecule has 1 aromatic carbocycles. The van der Waals surface area contributed by atoms with Crippen molar-refractivity contribution in [1.29, 1.82) is 0 Å². The number of rotatable bonds is 4. The summed E-state index contributed by atoms with van der Waals surface area (Å²) in [6, 6.07) is 6.16. The van der Waals surface area contributed by atoms with Gasteiger partial charge in [0.2, 0.25) is 0 Å². The molecule has 8 nitrogen and oxygen atoms in total. The standard InChI is InChI=1S/C25H34N6O2/c1-29-12-7-13-31(15-14-29)18-10-11-19(20(16-18)33-3)23-26-24-21(25(32)27-23)22(28-30(24)2)17-8-5-4-6-9-17/h10-11,16-17H,4-9,12-15H2,1-3H3,(H,26,27,32). The highest BCUT2D eigenvalue weighted by molar-refractivity contribution is 5.81. The largest absolute Gasteiger partial charge is 0.496 e. The number of nitrogens with zero attached hydrogens (tertiary/aromatic N) is 5. The van der Waals surface area contributed by atoms with Gasteiger partial charge in [0.1, 0.15) is 17.0 Å². The van der Waals surface area contributed by atoms with Crippen molar-refractivity contribution in [2.75, 3.05) is 45.2 Å². The third kappa shape index (κ3) is 4.24. The van der Waals surface area contributed by atoms with Gasteiger partial charge in [-0.3, -0.25) is 4.79 Å². The number of H-pyrrole nitrogens is 1. The molecule has 1 aliphatic carbocycles. The van der Waals surface area contributed by atoms with Crippen LogP contribution in [0.2, 0.25) is 0 Å². The van der Waals surface area contributed by atoms with Crippen molar-refractivity contribution in [3.8, 4) is 17.1 Å². The van der Waals surface area contributed by atoms with Crippen LogP contribution in [0.3, 0.4) is 0 Å². The molecule has 0 unspecified atom stereocenters. The van der Waals surface area contributed by atoms with Crippen LogP contribution < -0.4 is 15.2 Å². The second-order valence-electron chi connectivity index (χ2n) is 9.49. The van der Waals surface area contributed by atoms with Gasteiger partial charge in [-0.1, -0.05) is 19.3 Å². The van der Waals surface area contributed by atoms with Crippen LogP contribution in [-0.4, -0.2) is 65.0 Å². The first-order valence-corrected chi connectivity index (χ1v) is 12.1. The molecule has 0 spiro atoms. The fourth-order valence-electron chi connectivity index (χ4n) is 5.35. The van der Waals surface area contributed by atoms with Crippen LogP contribution in [0.25, 0.3) is 22.4 Å². The molecule has 3 heterocycles. The quantitative estimate of drug-likeness (QED) is 0.655. The molecular weight excluding hydrogens is 416 g/mol. The zero-order chi connectivity index (χ0) is 22.9. The van der Waals surface area contributed by atoms with Crippen LogP contribution in [0.5, 0.6) is 5.75 Å². The van der Waals surface area contributed by atoms with Crippen LogP contribution >= 0.6 is 0 Å². The average Bonchev–Trinajstić information content (AvgIpc) is 3.02. The molecule has 5 rings (SSSR count). The van der Waals surface area contributed by atoms with E-state index in [9.17, 15) is 4.79 Å². The lowest BCUT2D eigenvalue weighted by Gasteiger charge is -2.24. The highest BCUT2D eigenvalue weighted by Crippen LogP contribution is 2.36. The van der Waals surface area contributed by atoms with Gasteiger partial charge >= 0.3 is 0 Å². The van der Waals surface area contributed by atoms with Gasteiger partial charge in [-0.2, -0.15) is 5.10 Å². The summed E-state index contributed by atoms with van der Waals surface area (Å²) in [5.41, 5.74) is 3.34. The number of fused-ring (bicyclic) bond motifs is 1. The lowest BCUT2D eigenvalue weighted by atomic mass is 9.86. The molecule has 2 aromatic heterocycles. The van der Waals surface area contributed by atoms with Gasteiger partial charge in [0.25, 0.3) is 5.56 Å². The van der Waals surface area contributed by atoms with Crippen LogP contribution in [0.1, 0.15) is 50.1 Å². The number of aromatic amines is 1. The Morgan fingerprint density at radius 2 is 1.85 bits per heavy atom. The van der Waals surface area contributed by atoms with E-state index in [1.54, 1.807) is 11.8 Å². The van der Waals surface area contributed by atoms with E-state index in [-0.39, 0.29) is 5.56 Å². The summed E-state index contributed by atoms with van der Waals surface area (Å²) in [4.78, 5) is 25.9. The van der Waals surface area contributed by atoms with Crippen LogP contribution in [0, 0.1) is 0 Å². The van der Waals surface area contributed by atoms with Crippen molar-refractivity contribution < 1.29 is 4.74 Å². The van der Waals surface area contributed by atoms with Crippen molar-refractivity contribution >= 4 is 16.7 Å². The topological polar surface area (TPSA) is 79.3 Å². The predicted octanol–water partition coefficient (Wildman–Crippen LogP) is 3.52. The minimum Gasteiger partial charge on any atom is -0.496 e. The maximum absolute atomic E-state index is 13.2. The molecule has 1 saturated heterocycles. The highest BCUT2D eigenvalue weighted by Gasteiger charge is 2.25. The van der Waals surface area contributed by atoms with E-state index in [1.807, 2.05) is 13.1 Å². The number of aromatic nitrogens is 4. The number of methoxy groups -OCH3 is 1. The fourth-order valence-corrected chi connectivity index (χ4v) is 5.35. The molecule has 8 heteroatoms. The Kier molecular flexibility index (Phi) is 6.10. The second kappa shape index (κ2) is 9.17. The summed E-state index contributed by atoms with van der Waals surface area (Å²) in [7, 11) is 5.71. The Labute approximate surface area is 194 Å². The van der Waals surface area contributed by atoms with Crippen LogP contribution in [0.15, 0.2) is 23.0 Å². The number of hydrogen-bond donors (Lipinski definition) is 1. The minimum atomic E-state index is -0.120. The molecule has 1 saturated carbocycles. The summed E-state index contributed by atoms with van der Waals surface area (Å²) < 4.78 is 7.50. The van der Waals surface area contributed by atoms with Crippen molar-refractivity contribution in [1.82, 2.24) is 24.6 Å². The maximum atomic E-state index is 13.2. The molecular formula is C25H34N6O2. The second-order valence-corrected chi connectivity index (χ2v) is 9.49. The molecule has 0 atom stereocenters. The zero-order valence-electron chi connectivity index (χ0n) is 19.9. The number of hydrogen-bond acceptors (Lipinski definition) is 6. The molecule has 0 radical (unpaired) electrons. The van der Waals surface area contributed by atoms with Crippen LogP contribution in [0.4, 0.5) is 5.69 Å². The molecule has 33 heavy (non-hydrogen) atoms. The van der Waals surface area contributed by atoms with E-state index in [2.05, 4.69) is 34.0 Å². The summed E-state index contributed by atoms with van der Waals surface area (Å²) in [6.45, 7) is 4.16. The van der Waals surface area contributed by atoms with Gasteiger partial charge in [0.15, 0.2) is 5.65 Å². The summed E-state index contributed by atoms with van der Waals surface area (Å²) in [6.07, 6.45) is 6.98. The number of aryl methyl sites for hydroxylation is 1.